The molecule has 1 aliphatic carbocycles. The first-order chi connectivity index (χ1) is 8.26. The SMILES string of the molecule is COc1cccc(CNC(=O)C2CC2)c1OC. The van der Waals surface area contributed by atoms with Gasteiger partial charge in [-0.25, -0.2) is 0 Å². The number of hydrogen-bond acceptors (Lipinski definition) is 3. The van der Waals surface area contributed by atoms with E-state index >= 15 is 0 Å². The fourth-order valence-corrected chi connectivity index (χ4v) is 1.77. The van der Waals surface area contributed by atoms with Gasteiger partial charge in [-0.1, -0.05) is 12.1 Å². The van der Waals surface area contributed by atoms with E-state index in [0.29, 0.717) is 18.0 Å². The van der Waals surface area contributed by atoms with Crippen LogP contribution in [0.2, 0.25) is 0 Å². The smallest absolute Gasteiger partial charge is 0.223 e. The summed E-state index contributed by atoms with van der Waals surface area (Å²) in [6.07, 6.45) is 2.03. The summed E-state index contributed by atoms with van der Waals surface area (Å²) in [7, 11) is 3.20. The van der Waals surface area contributed by atoms with Crippen LogP contribution < -0.4 is 14.8 Å². The molecule has 0 heterocycles. The molecule has 1 aromatic carbocycles. The Morgan fingerprint density at radius 3 is 2.71 bits per heavy atom. The number of carbonyl (C=O) groups is 1. The fraction of sp³-hybridized carbons (Fsp3) is 0.462. The molecule has 4 heteroatoms. The van der Waals surface area contributed by atoms with Gasteiger partial charge in [0.1, 0.15) is 0 Å². The van der Waals surface area contributed by atoms with Gasteiger partial charge in [0.05, 0.1) is 14.2 Å². The van der Waals surface area contributed by atoms with Crippen molar-refractivity contribution in [3.05, 3.63) is 23.8 Å². The molecule has 1 saturated carbocycles. The summed E-state index contributed by atoms with van der Waals surface area (Å²) in [5.41, 5.74) is 0.931. The van der Waals surface area contributed by atoms with Crippen LogP contribution in [0.5, 0.6) is 11.5 Å². The first kappa shape index (κ1) is 11.8. The monoisotopic (exact) mass is 235 g/mol. The van der Waals surface area contributed by atoms with Crippen LogP contribution in [0.4, 0.5) is 0 Å². The summed E-state index contributed by atoms with van der Waals surface area (Å²) < 4.78 is 10.5. The lowest BCUT2D eigenvalue weighted by molar-refractivity contribution is -0.122. The molecule has 4 nitrogen and oxygen atoms in total. The lowest BCUT2D eigenvalue weighted by Crippen LogP contribution is -2.24. The molecule has 0 radical (unpaired) electrons. The standard InChI is InChI=1S/C13H17NO3/c1-16-11-5-3-4-10(12(11)17-2)8-14-13(15)9-6-7-9/h3-5,9H,6-8H2,1-2H3,(H,14,15). The van der Waals surface area contributed by atoms with Gasteiger partial charge in [-0.3, -0.25) is 4.79 Å². The highest BCUT2D eigenvalue weighted by Gasteiger charge is 2.29. The number of benzene rings is 1. The van der Waals surface area contributed by atoms with Crippen molar-refractivity contribution < 1.29 is 14.3 Å². The van der Waals surface area contributed by atoms with Gasteiger partial charge in [-0.05, 0) is 18.9 Å². The van der Waals surface area contributed by atoms with Crippen LogP contribution in [0.1, 0.15) is 18.4 Å². The van der Waals surface area contributed by atoms with Gasteiger partial charge in [0.25, 0.3) is 0 Å². The zero-order valence-corrected chi connectivity index (χ0v) is 10.2. The Labute approximate surface area is 101 Å². The zero-order valence-electron chi connectivity index (χ0n) is 10.2. The Hall–Kier alpha value is -1.71. The lowest BCUT2D eigenvalue weighted by Gasteiger charge is -2.12. The predicted octanol–water partition coefficient (Wildman–Crippen LogP) is 1.73. The Morgan fingerprint density at radius 1 is 1.35 bits per heavy atom. The van der Waals surface area contributed by atoms with Crippen molar-refractivity contribution in [3.8, 4) is 11.5 Å². The number of carbonyl (C=O) groups excluding carboxylic acids is 1. The molecule has 17 heavy (non-hydrogen) atoms. The highest BCUT2D eigenvalue weighted by atomic mass is 16.5. The van der Waals surface area contributed by atoms with Crippen LogP contribution in [0, 0.1) is 5.92 Å². The molecule has 1 fully saturated rings. The number of ether oxygens (including phenoxy) is 2. The normalized spacial score (nSPS) is 14.2. The number of nitrogens with one attached hydrogen (secondary N) is 1. The van der Waals surface area contributed by atoms with E-state index in [1.54, 1.807) is 14.2 Å². The summed E-state index contributed by atoms with van der Waals surface area (Å²) in [4.78, 5) is 11.5. The molecule has 0 aliphatic heterocycles. The molecule has 0 aromatic heterocycles. The van der Waals surface area contributed by atoms with Crippen molar-refractivity contribution in [1.82, 2.24) is 5.32 Å². The summed E-state index contributed by atoms with van der Waals surface area (Å²) >= 11 is 0. The van der Waals surface area contributed by atoms with Gasteiger partial charge in [0.2, 0.25) is 5.91 Å². The Balaban J connectivity index is 2.05. The number of amides is 1. The maximum Gasteiger partial charge on any atom is 0.223 e. The minimum atomic E-state index is 0.134. The van der Waals surface area contributed by atoms with Gasteiger partial charge in [-0.15, -0.1) is 0 Å². The highest BCUT2D eigenvalue weighted by molar-refractivity contribution is 5.80. The molecule has 1 aliphatic rings. The third-order valence-electron chi connectivity index (χ3n) is 2.89. The molecule has 1 amide bonds. The molecule has 0 atom stereocenters. The molecule has 2 rings (SSSR count). The Kier molecular flexibility index (Phi) is 3.52. The van der Waals surface area contributed by atoms with Crippen LogP contribution >= 0.6 is 0 Å². The number of hydrogen-bond donors (Lipinski definition) is 1. The third-order valence-corrected chi connectivity index (χ3v) is 2.89. The van der Waals surface area contributed by atoms with E-state index in [0.717, 1.165) is 18.4 Å². The van der Waals surface area contributed by atoms with E-state index in [1.807, 2.05) is 18.2 Å². The predicted molar refractivity (Wildman–Crippen MR) is 64.1 cm³/mol. The number of rotatable bonds is 5. The van der Waals surface area contributed by atoms with E-state index in [-0.39, 0.29) is 11.8 Å². The van der Waals surface area contributed by atoms with Crippen molar-refractivity contribution in [2.24, 2.45) is 5.92 Å². The number of methoxy groups -OCH3 is 2. The van der Waals surface area contributed by atoms with Crippen molar-refractivity contribution in [2.75, 3.05) is 14.2 Å². The van der Waals surface area contributed by atoms with Gasteiger partial charge in [0, 0.05) is 18.0 Å². The van der Waals surface area contributed by atoms with E-state index in [2.05, 4.69) is 5.32 Å². The topological polar surface area (TPSA) is 47.6 Å². The van der Waals surface area contributed by atoms with E-state index in [1.165, 1.54) is 0 Å². The second-order valence-electron chi connectivity index (χ2n) is 4.14. The first-order valence-corrected chi connectivity index (χ1v) is 5.74. The molecule has 92 valence electrons. The Bertz CT molecular complexity index is 413. The zero-order chi connectivity index (χ0) is 12.3. The average Bonchev–Trinajstić information content (AvgIpc) is 3.19. The molecule has 1 aromatic rings. The minimum Gasteiger partial charge on any atom is -0.493 e. The van der Waals surface area contributed by atoms with E-state index in [4.69, 9.17) is 9.47 Å². The maximum atomic E-state index is 11.5. The van der Waals surface area contributed by atoms with Gasteiger partial charge in [-0.2, -0.15) is 0 Å². The lowest BCUT2D eigenvalue weighted by atomic mass is 10.2. The van der Waals surface area contributed by atoms with Crippen molar-refractivity contribution in [1.29, 1.82) is 0 Å². The second-order valence-corrected chi connectivity index (χ2v) is 4.14. The van der Waals surface area contributed by atoms with E-state index in [9.17, 15) is 4.79 Å². The first-order valence-electron chi connectivity index (χ1n) is 5.74. The summed E-state index contributed by atoms with van der Waals surface area (Å²) in [6, 6.07) is 5.65. The van der Waals surface area contributed by atoms with Crippen molar-refractivity contribution in [2.45, 2.75) is 19.4 Å². The summed E-state index contributed by atoms with van der Waals surface area (Å²) in [6.45, 7) is 0.482. The van der Waals surface area contributed by atoms with Crippen LogP contribution in [-0.4, -0.2) is 20.1 Å². The molecular formula is C13H17NO3. The van der Waals surface area contributed by atoms with Crippen LogP contribution in [0.15, 0.2) is 18.2 Å². The van der Waals surface area contributed by atoms with Crippen LogP contribution in [-0.2, 0) is 11.3 Å². The summed E-state index contributed by atoms with van der Waals surface area (Å²) in [5, 5.41) is 2.91. The molecule has 0 bridgehead atoms. The van der Waals surface area contributed by atoms with Crippen LogP contribution in [0.25, 0.3) is 0 Å². The number of para-hydroxylation sites is 1. The van der Waals surface area contributed by atoms with Gasteiger partial charge >= 0.3 is 0 Å². The maximum absolute atomic E-state index is 11.5. The van der Waals surface area contributed by atoms with Gasteiger partial charge < -0.3 is 14.8 Å². The molecule has 0 saturated heterocycles. The van der Waals surface area contributed by atoms with Crippen LogP contribution in [0.3, 0.4) is 0 Å². The highest BCUT2D eigenvalue weighted by Crippen LogP contribution is 2.31. The fourth-order valence-electron chi connectivity index (χ4n) is 1.77. The quantitative estimate of drug-likeness (QED) is 0.845. The second kappa shape index (κ2) is 5.08. The average molecular weight is 235 g/mol. The van der Waals surface area contributed by atoms with E-state index < -0.39 is 0 Å². The van der Waals surface area contributed by atoms with Crippen molar-refractivity contribution >= 4 is 5.91 Å². The molecule has 1 N–H and O–H groups in total. The molecule has 0 spiro atoms. The van der Waals surface area contributed by atoms with Crippen molar-refractivity contribution in [3.63, 3.8) is 0 Å². The third kappa shape index (κ3) is 2.70. The summed E-state index contributed by atoms with van der Waals surface area (Å²) in [5.74, 6) is 1.73. The molecule has 0 unspecified atom stereocenters. The minimum absolute atomic E-state index is 0.134. The molecular weight excluding hydrogens is 218 g/mol. The Morgan fingerprint density at radius 2 is 2.12 bits per heavy atom. The largest absolute Gasteiger partial charge is 0.493 e. The van der Waals surface area contributed by atoms with Gasteiger partial charge in [0.15, 0.2) is 11.5 Å².